The summed E-state index contributed by atoms with van der Waals surface area (Å²) in [5.41, 5.74) is 0. The number of hydrogen-bond donors (Lipinski definition) is 0. The highest BCUT2D eigenvalue weighted by molar-refractivity contribution is 7.15. The molecular formula is C12H11F3N6OS. The number of nitrogens with zero attached hydrogens (tertiary/aromatic N) is 6. The van der Waals surface area contributed by atoms with E-state index in [0.29, 0.717) is 17.4 Å². The van der Waals surface area contributed by atoms with E-state index in [1.807, 2.05) is 14.1 Å². The topological polar surface area (TPSA) is 72.9 Å². The molecule has 0 aliphatic heterocycles. The van der Waals surface area contributed by atoms with Gasteiger partial charge in [-0.2, -0.15) is 18.2 Å². The van der Waals surface area contributed by atoms with Crippen molar-refractivity contribution in [2.24, 2.45) is 0 Å². The van der Waals surface area contributed by atoms with Gasteiger partial charge in [0.15, 0.2) is 0 Å². The molecule has 0 atom stereocenters. The molecule has 3 rings (SSSR count). The second kappa shape index (κ2) is 5.65. The van der Waals surface area contributed by atoms with E-state index in [0.717, 1.165) is 4.88 Å². The van der Waals surface area contributed by atoms with Crippen LogP contribution in [0.5, 0.6) is 0 Å². The van der Waals surface area contributed by atoms with Gasteiger partial charge in [-0.15, -0.1) is 16.4 Å². The molecule has 7 nitrogen and oxygen atoms in total. The summed E-state index contributed by atoms with van der Waals surface area (Å²) in [7, 11) is 3.66. The zero-order valence-electron chi connectivity index (χ0n) is 12.1. The second-order valence-electron chi connectivity index (χ2n) is 4.82. The quantitative estimate of drug-likeness (QED) is 0.724. The van der Waals surface area contributed by atoms with Crippen LogP contribution in [-0.4, -0.2) is 39.0 Å². The Morgan fingerprint density at radius 2 is 2.09 bits per heavy atom. The normalized spacial score (nSPS) is 11.9. The monoisotopic (exact) mass is 344 g/mol. The van der Waals surface area contributed by atoms with E-state index in [4.69, 9.17) is 0 Å². The molecule has 0 bridgehead atoms. The first-order chi connectivity index (χ1) is 10.8. The summed E-state index contributed by atoms with van der Waals surface area (Å²) >= 11 is 1.27. The molecule has 0 radical (unpaired) electrons. The molecule has 0 fully saturated rings. The lowest BCUT2D eigenvalue weighted by Gasteiger charge is -2.04. The standard InChI is InChI=1S/C12H11F3N6OS/c1-20(2)11-16-6-21(18-11)5-7-3-4-8(23-7)9-17-10(22-19-9)12(13,14)15/h3-4,6H,5H2,1-2H3. The van der Waals surface area contributed by atoms with Gasteiger partial charge in [0.25, 0.3) is 0 Å². The van der Waals surface area contributed by atoms with Gasteiger partial charge in [0, 0.05) is 19.0 Å². The molecule has 3 heterocycles. The van der Waals surface area contributed by atoms with E-state index >= 15 is 0 Å². The summed E-state index contributed by atoms with van der Waals surface area (Å²) in [6, 6.07) is 3.43. The number of rotatable bonds is 4. The van der Waals surface area contributed by atoms with Crippen LogP contribution in [0.3, 0.4) is 0 Å². The zero-order chi connectivity index (χ0) is 16.6. The molecule has 23 heavy (non-hydrogen) atoms. The number of thiophene rings is 1. The lowest BCUT2D eigenvalue weighted by atomic mass is 10.4. The van der Waals surface area contributed by atoms with Gasteiger partial charge in [-0.1, -0.05) is 5.16 Å². The SMILES string of the molecule is CN(C)c1ncn(Cc2ccc(-c3noc(C(F)(F)F)n3)s2)n1. The third kappa shape index (κ3) is 3.33. The van der Waals surface area contributed by atoms with Gasteiger partial charge < -0.3 is 9.42 Å². The maximum absolute atomic E-state index is 12.5. The van der Waals surface area contributed by atoms with Crippen molar-refractivity contribution >= 4 is 17.3 Å². The maximum Gasteiger partial charge on any atom is 0.471 e. The highest BCUT2D eigenvalue weighted by Gasteiger charge is 2.38. The highest BCUT2D eigenvalue weighted by Crippen LogP contribution is 2.31. The summed E-state index contributed by atoms with van der Waals surface area (Å²) in [4.78, 5) is 10.6. The highest BCUT2D eigenvalue weighted by atomic mass is 32.1. The van der Waals surface area contributed by atoms with E-state index in [1.54, 1.807) is 28.0 Å². The van der Waals surface area contributed by atoms with Crippen LogP contribution in [0.4, 0.5) is 19.1 Å². The molecule has 0 spiro atoms. The van der Waals surface area contributed by atoms with E-state index in [-0.39, 0.29) is 5.82 Å². The third-order valence-electron chi connectivity index (χ3n) is 2.79. The molecule has 0 amide bonds. The van der Waals surface area contributed by atoms with Gasteiger partial charge in [0.2, 0.25) is 11.8 Å². The number of alkyl halides is 3. The van der Waals surface area contributed by atoms with Crippen molar-refractivity contribution in [3.05, 3.63) is 29.2 Å². The number of anilines is 1. The van der Waals surface area contributed by atoms with Gasteiger partial charge in [-0.05, 0) is 12.1 Å². The molecule has 0 unspecified atom stereocenters. The lowest BCUT2D eigenvalue weighted by Crippen LogP contribution is -2.11. The number of hydrogen-bond acceptors (Lipinski definition) is 7. The van der Waals surface area contributed by atoms with E-state index in [2.05, 4.69) is 24.7 Å². The Bertz CT molecular complexity index is 806. The predicted octanol–water partition coefficient (Wildman–Crippen LogP) is 2.52. The van der Waals surface area contributed by atoms with Crippen LogP contribution in [0.1, 0.15) is 10.8 Å². The summed E-state index contributed by atoms with van der Waals surface area (Å²) in [5, 5.41) is 7.63. The van der Waals surface area contributed by atoms with Gasteiger partial charge in [0.05, 0.1) is 11.4 Å². The van der Waals surface area contributed by atoms with E-state index < -0.39 is 12.1 Å². The van der Waals surface area contributed by atoms with Crippen LogP contribution in [0, 0.1) is 0 Å². The Morgan fingerprint density at radius 3 is 2.70 bits per heavy atom. The summed E-state index contributed by atoms with van der Waals surface area (Å²) in [5.74, 6) is -0.856. The molecule has 11 heteroatoms. The molecule has 0 aliphatic carbocycles. The first kappa shape index (κ1) is 15.5. The van der Waals surface area contributed by atoms with Crippen molar-refractivity contribution in [1.29, 1.82) is 0 Å². The third-order valence-corrected chi connectivity index (χ3v) is 3.86. The van der Waals surface area contributed by atoms with Crippen LogP contribution in [0.15, 0.2) is 23.0 Å². The summed E-state index contributed by atoms with van der Waals surface area (Å²) in [6.07, 6.45) is -3.06. The van der Waals surface area contributed by atoms with Crippen LogP contribution in [-0.2, 0) is 12.7 Å². The van der Waals surface area contributed by atoms with Gasteiger partial charge in [-0.3, -0.25) is 0 Å². The van der Waals surface area contributed by atoms with E-state index in [9.17, 15) is 13.2 Å². The zero-order valence-corrected chi connectivity index (χ0v) is 12.9. The predicted molar refractivity (Wildman–Crippen MR) is 76.1 cm³/mol. The molecule has 0 saturated heterocycles. The smallest absolute Gasteiger partial charge is 0.346 e. The van der Waals surface area contributed by atoms with Crippen molar-refractivity contribution in [3.63, 3.8) is 0 Å². The molecule has 0 aliphatic rings. The largest absolute Gasteiger partial charge is 0.471 e. The molecule has 0 N–H and O–H groups in total. The first-order valence-electron chi connectivity index (χ1n) is 6.39. The first-order valence-corrected chi connectivity index (χ1v) is 7.21. The van der Waals surface area contributed by atoms with Crippen molar-refractivity contribution in [1.82, 2.24) is 24.9 Å². The fraction of sp³-hybridized carbons (Fsp3) is 0.333. The Kier molecular flexibility index (Phi) is 3.80. The van der Waals surface area contributed by atoms with Crippen LogP contribution < -0.4 is 4.90 Å². The average Bonchev–Trinajstić information content (AvgIpc) is 3.17. The summed E-state index contributed by atoms with van der Waals surface area (Å²) < 4.78 is 43.3. The Labute approximate surface area is 132 Å². The summed E-state index contributed by atoms with van der Waals surface area (Å²) in [6.45, 7) is 0.454. The maximum atomic E-state index is 12.5. The van der Waals surface area contributed by atoms with Crippen LogP contribution in [0.2, 0.25) is 0 Å². The second-order valence-corrected chi connectivity index (χ2v) is 5.99. The van der Waals surface area contributed by atoms with Gasteiger partial charge >= 0.3 is 12.1 Å². The minimum absolute atomic E-state index is 0.0823. The van der Waals surface area contributed by atoms with E-state index in [1.165, 1.54) is 11.3 Å². The number of halogens is 3. The van der Waals surface area contributed by atoms with Crippen LogP contribution in [0.25, 0.3) is 10.7 Å². The number of aromatic nitrogens is 5. The fourth-order valence-corrected chi connectivity index (χ4v) is 2.67. The van der Waals surface area contributed by atoms with Gasteiger partial charge in [-0.25, -0.2) is 9.67 Å². The van der Waals surface area contributed by atoms with Crippen molar-refractivity contribution in [2.45, 2.75) is 12.7 Å². The molecule has 0 aromatic carbocycles. The molecular weight excluding hydrogens is 333 g/mol. The average molecular weight is 344 g/mol. The Balaban J connectivity index is 1.76. The Morgan fingerprint density at radius 1 is 1.30 bits per heavy atom. The lowest BCUT2D eigenvalue weighted by molar-refractivity contribution is -0.159. The fourth-order valence-electron chi connectivity index (χ4n) is 1.75. The van der Waals surface area contributed by atoms with Crippen molar-refractivity contribution in [3.8, 4) is 10.7 Å². The minimum atomic E-state index is -4.64. The van der Waals surface area contributed by atoms with Gasteiger partial charge in [0.1, 0.15) is 6.33 Å². The van der Waals surface area contributed by atoms with Crippen LogP contribution >= 0.6 is 11.3 Å². The molecule has 3 aromatic rings. The molecule has 3 aromatic heterocycles. The molecule has 122 valence electrons. The van der Waals surface area contributed by atoms with Crippen molar-refractivity contribution < 1.29 is 17.7 Å². The molecule has 0 saturated carbocycles. The Hall–Kier alpha value is -2.43. The minimum Gasteiger partial charge on any atom is -0.346 e. The van der Waals surface area contributed by atoms with Crippen molar-refractivity contribution in [2.75, 3.05) is 19.0 Å².